The quantitative estimate of drug-likeness (QED) is 0.362. The molecule has 2 heterocycles. The molecule has 192 valence electrons. The summed E-state index contributed by atoms with van der Waals surface area (Å²) in [6, 6.07) is 11.0. The number of hydrogen-bond donors (Lipinski definition) is 1. The second-order valence-corrected chi connectivity index (χ2v) is 10.9. The standard InChI is InChI=1S/C25H26Cl2N2O6S/c1-4-33-25(30)22-15(2)34-23(16-5-7-17(26)8-6-16)24(22)36(31,32)28-18-9-10-20(27)21(13-18)35-19-11-12-29(3)14-19/h5-10,13,19,28H,4,11-12,14H2,1-3H3/t19-/m1/s1. The van der Waals surface area contributed by atoms with E-state index in [-0.39, 0.29) is 40.4 Å². The summed E-state index contributed by atoms with van der Waals surface area (Å²) in [5.41, 5.74) is 0.481. The largest absolute Gasteiger partial charge is 0.487 e. The molecule has 1 atom stereocenters. The molecule has 2 aromatic carbocycles. The molecule has 1 N–H and O–H groups in total. The Morgan fingerprint density at radius 3 is 2.56 bits per heavy atom. The number of hydrogen-bond acceptors (Lipinski definition) is 7. The van der Waals surface area contributed by atoms with E-state index in [2.05, 4.69) is 9.62 Å². The molecule has 3 aromatic rings. The smallest absolute Gasteiger partial charge is 0.343 e. The number of ether oxygens (including phenoxy) is 2. The Kier molecular flexibility index (Phi) is 7.85. The summed E-state index contributed by atoms with van der Waals surface area (Å²) in [6.45, 7) is 4.86. The lowest BCUT2D eigenvalue weighted by Crippen LogP contribution is -2.21. The van der Waals surface area contributed by atoms with Crippen LogP contribution in [0.1, 0.15) is 29.5 Å². The topological polar surface area (TPSA) is 98.1 Å². The number of rotatable bonds is 8. The number of halogens is 2. The first-order valence-electron chi connectivity index (χ1n) is 11.3. The molecular formula is C25H26Cl2N2O6S. The summed E-state index contributed by atoms with van der Waals surface area (Å²) in [6.07, 6.45) is 0.785. The Morgan fingerprint density at radius 2 is 1.92 bits per heavy atom. The molecule has 11 heteroatoms. The van der Waals surface area contributed by atoms with E-state index in [1.165, 1.54) is 19.1 Å². The minimum Gasteiger partial charge on any atom is -0.487 e. The summed E-state index contributed by atoms with van der Waals surface area (Å²) in [7, 11) is -2.32. The molecule has 0 spiro atoms. The second kappa shape index (κ2) is 10.7. The molecule has 1 fully saturated rings. The Hall–Kier alpha value is -2.72. The monoisotopic (exact) mass is 552 g/mol. The van der Waals surface area contributed by atoms with E-state index < -0.39 is 16.0 Å². The molecule has 1 aliphatic heterocycles. The first-order chi connectivity index (χ1) is 17.1. The van der Waals surface area contributed by atoms with Crippen LogP contribution in [0, 0.1) is 6.92 Å². The van der Waals surface area contributed by atoms with Crippen molar-refractivity contribution in [1.29, 1.82) is 0 Å². The molecule has 8 nitrogen and oxygen atoms in total. The maximum Gasteiger partial charge on any atom is 0.343 e. The van der Waals surface area contributed by atoms with Gasteiger partial charge in [-0.1, -0.05) is 23.2 Å². The van der Waals surface area contributed by atoms with Gasteiger partial charge >= 0.3 is 5.97 Å². The van der Waals surface area contributed by atoms with Gasteiger partial charge in [0.05, 0.1) is 17.3 Å². The number of anilines is 1. The van der Waals surface area contributed by atoms with Crippen molar-refractivity contribution >= 4 is 44.9 Å². The van der Waals surface area contributed by atoms with Crippen LogP contribution >= 0.6 is 23.2 Å². The van der Waals surface area contributed by atoms with Gasteiger partial charge in [-0.05, 0) is 63.7 Å². The van der Waals surface area contributed by atoms with E-state index in [0.29, 0.717) is 21.4 Å². The molecule has 0 aliphatic carbocycles. The average Bonchev–Trinajstić information content (AvgIpc) is 3.39. The van der Waals surface area contributed by atoms with Gasteiger partial charge in [0.1, 0.15) is 28.1 Å². The highest BCUT2D eigenvalue weighted by Gasteiger charge is 2.34. The number of carbonyl (C=O) groups excluding carboxylic acids is 1. The Morgan fingerprint density at radius 1 is 1.19 bits per heavy atom. The number of benzene rings is 2. The molecule has 4 rings (SSSR count). The molecule has 1 saturated heterocycles. The summed E-state index contributed by atoms with van der Waals surface area (Å²) < 4.78 is 46.9. The molecule has 0 radical (unpaired) electrons. The van der Waals surface area contributed by atoms with E-state index >= 15 is 0 Å². The van der Waals surface area contributed by atoms with Crippen molar-refractivity contribution in [3.8, 4) is 17.1 Å². The molecule has 36 heavy (non-hydrogen) atoms. The van der Waals surface area contributed by atoms with Crippen molar-refractivity contribution in [3.63, 3.8) is 0 Å². The van der Waals surface area contributed by atoms with Crippen LogP contribution in [0.3, 0.4) is 0 Å². The van der Waals surface area contributed by atoms with Gasteiger partial charge in [0.25, 0.3) is 10.0 Å². The number of aryl methyl sites for hydroxylation is 1. The van der Waals surface area contributed by atoms with Crippen LogP contribution in [0.15, 0.2) is 51.8 Å². The molecule has 1 aliphatic rings. The van der Waals surface area contributed by atoms with Crippen molar-refractivity contribution in [2.75, 3.05) is 31.5 Å². The highest BCUT2D eigenvalue weighted by Crippen LogP contribution is 2.38. The van der Waals surface area contributed by atoms with Crippen LogP contribution in [-0.4, -0.2) is 52.1 Å². The first-order valence-corrected chi connectivity index (χ1v) is 13.6. The van der Waals surface area contributed by atoms with Gasteiger partial charge in [0.15, 0.2) is 5.76 Å². The van der Waals surface area contributed by atoms with E-state index in [0.717, 1.165) is 19.5 Å². The summed E-state index contributed by atoms with van der Waals surface area (Å²) in [5, 5.41) is 0.832. The lowest BCUT2D eigenvalue weighted by molar-refractivity contribution is 0.0520. The number of furan rings is 1. The fourth-order valence-corrected chi connectivity index (χ4v) is 5.77. The molecular weight excluding hydrogens is 527 g/mol. The van der Waals surface area contributed by atoms with E-state index in [1.54, 1.807) is 37.3 Å². The lowest BCUT2D eigenvalue weighted by Gasteiger charge is -2.16. The molecule has 0 amide bonds. The van der Waals surface area contributed by atoms with Crippen LogP contribution in [0.5, 0.6) is 5.75 Å². The third kappa shape index (κ3) is 5.64. The van der Waals surface area contributed by atoms with Crippen LogP contribution in [-0.2, 0) is 14.8 Å². The normalized spacial score (nSPS) is 16.2. The second-order valence-electron chi connectivity index (χ2n) is 8.46. The highest BCUT2D eigenvalue weighted by atomic mass is 35.5. The minimum atomic E-state index is -4.33. The lowest BCUT2D eigenvalue weighted by atomic mass is 10.1. The van der Waals surface area contributed by atoms with Gasteiger partial charge in [0, 0.05) is 29.7 Å². The van der Waals surface area contributed by atoms with Crippen molar-refractivity contribution in [3.05, 3.63) is 63.8 Å². The van der Waals surface area contributed by atoms with E-state index in [4.69, 9.17) is 37.1 Å². The third-order valence-corrected chi connectivity index (χ3v) is 7.72. The van der Waals surface area contributed by atoms with Crippen molar-refractivity contribution in [2.24, 2.45) is 0 Å². The average molecular weight is 553 g/mol. The minimum absolute atomic E-state index is 0.000787. The van der Waals surface area contributed by atoms with Gasteiger partial charge < -0.3 is 18.8 Å². The van der Waals surface area contributed by atoms with Gasteiger partial charge in [-0.2, -0.15) is 0 Å². The number of esters is 1. The summed E-state index contributed by atoms with van der Waals surface area (Å²) >= 11 is 12.3. The first kappa shape index (κ1) is 26.3. The number of carbonyl (C=O) groups is 1. The highest BCUT2D eigenvalue weighted by molar-refractivity contribution is 7.93. The van der Waals surface area contributed by atoms with Gasteiger partial charge in [-0.25, -0.2) is 13.2 Å². The number of sulfonamides is 1. The van der Waals surface area contributed by atoms with Crippen molar-refractivity contribution in [2.45, 2.75) is 31.3 Å². The zero-order valence-corrected chi connectivity index (χ0v) is 22.3. The SMILES string of the molecule is CCOC(=O)c1c(C)oc(-c2ccc(Cl)cc2)c1S(=O)(=O)Nc1ccc(Cl)c(O[C@@H]2CCN(C)C2)c1. The van der Waals surface area contributed by atoms with Crippen LogP contribution < -0.4 is 9.46 Å². The Bertz CT molecular complexity index is 1370. The summed E-state index contributed by atoms with van der Waals surface area (Å²) in [5.74, 6) is -0.322. The zero-order valence-electron chi connectivity index (χ0n) is 20.0. The predicted octanol–water partition coefficient (Wildman–Crippen LogP) is 5.62. The zero-order chi connectivity index (χ0) is 26.0. The van der Waals surface area contributed by atoms with Crippen LogP contribution in [0.25, 0.3) is 11.3 Å². The number of nitrogens with zero attached hydrogens (tertiary/aromatic N) is 1. The fraction of sp³-hybridized carbons (Fsp3) is 0.320. The number of likely N-dealkylation sites (N-methyl/N-ethyl adjacent to an activating group) is 1. The van der Waals surface area contributed by atoms with E-state index in [9.17, 15) is 13.2 Å². The number of nitrogens with one attached hydrogen (secondary N) is 1. The van der Waals surface area contributed by atoms with Crippen molar-refractivity contribution in [1.82, 2.24) is 4.90 Å². The maximum absolute atomic E-state index is 13.7. The van der Waals surface area contributed by atoms with Gasteiger partial charge in [-0.3, -0.25) is 4.72 Å². The summed E-state index contributed by atoms with van der Waals surface area (Å²) in [4.78, 5) is 14.6. The molecule has 0 unspecified atom stereocenters. The Labute approximate surface area is 220 Å². The predicted molar refractivity (Wildman–Crippen MR) is 139 cm³/mol. The Balaban J connectivity index is 1.74. The molecule has 1 aromatic heterocycles. The fourth-order valence-electron chi connectivity index (χ4n) is 4.04. The van der Waals surface area contributed by atoms with Gasteiger partial charge in [0.2, 0.25) is 0 Å². The van der Waals surface area contributed by atoms with Gasteiger partial charge in [-0.15, -0.1) is 0 Å². The number of likely N-dealkylation sites (tertiary alicyclic amines) is 1. The maximum atomic E-state index is 13.7. The third-order valence-electron chi connectivity index (χ3n) is 5.72. The van der Waals surface area contributed by atoms with E-state index in [1.807, 2.05) is 7.05 Å². The van der Waals surface area contributed by atoms with Crippen LogP contribution in [0.4, 0.5) is 5.69 Å². The van der Waals surface area contributed by atoms with Crippen LogP contribution in [0.2, 0.25) is 10.0 Å². The molecule has 0 bridgehead atoms. The molecule has 0 saturated carbocycles. The van der Waals surface area contributed by atoms with Crippen molar-refractivity contribution < 1.29 is 27.1 Å².